The molecule has 0 aromatic heterocycles. The van der Waals surface area contributed by atoms with Crippen molar-refractivity contribution in [3.8, 4) is 6.07 Å². The van der Waals surface area contributed by atoms with Gasteiger partial charge in [0, 0.05) is 13.0 Å². The van der Waals surface area contributed by atoms with Gasteiger partial charge in [0.1, 0.15) is 0 Å². The molecule has 2 aliphatic rings. The third-order valence-corrected chi connectivity index (χ3v) is 6.91. The highest BCUT2D eigenvalue weighted by Crippen LogP contribution is 2.38. The summed E-state index contributed by atoms with van der Waals surface area (Å²) in [4.78, 5) is 14.4. The van der Waals surface area contributed by atoms with Gasteiger partial charge in [-0.25, -0.2) is 8.42 Å². The molecule has 1 amide bonds. The molecular formula is C22H23N3O3S. The van der Waals surface area contributed by atoms with E-state index in [0.29, 0.717) is 47.8 Å². The van der Waals surface area contributed by atoms with Crippen LogP contribution < -0.4 is 9.62 Å². The van der Waals surface area contributed by atoms with Crippen molar-refractivity contribution in [3.63, 3.8) is 0 Å². The van der Waals surface area contributed by atoms with Gasteiger partial charge in [0.25, 0.3) is 0 Å². The van der Waals surface area contributed by atoms with E-state index in [4.69, 9.17) is 5.26 Å². The van der Waals surface area contributed by atoms with E-state index < -0.39 is 10.0 Å². The summed E-state index contributed by atoms with van der Waals surface area (Å²) in [6.07, 6.45) is 4.51. The summed E-state index contributed by atoms with van der Waals surface area (Å²) in [6, 6.07) is 14.0. The molecule has 1 fully saturated rings. The van der Waals surface area contributed by atoms with E-state index in [-0.39, 0.29) is 11.7 Å². The Morgan fingerprint density at radius 1 is 1.10 bits per heavy atom. The van der Waals surface area contributed by atoms with Crippen molar-refractivity contribution in [1.29, 1.82) is 5.26 Å². The number of sulfonamides is 1. The summed E-state index contributed by atoms with van der Waals surface area (Å²) in [5, 5.41) is 8.89. The Morgan fingerprint density at radius 2 is 1.86 bits per heavy atom. The average Bonchev–Trinajstić information content (AvgIpc) is 2.66. The number of hydrogen-bond donors (Lipinski definition) is 1. The Labute approximate surface area is 171 Å². The number of fused-ring (bicyclic) bond motifs is 1. The first-order valence-corrected chi connectivity index (χ1v) is 11.5. The Morgan fingerprint density at radius 3 is 2.52 bits per heavy atom. The number of amides is 1. The van der Waals surface area contributed by atoms with E-state index in [1.165, 1.54) is 6.42 Å². The third-order valence-electron chi connectivity index (χ3n) is 5.67. The van der Waals surface area contributed by atoms with Crippen LogP contribution in [0.3, 0.4) is 0 Å². The van der Waals surface area contributed by atoms with Crippen molar-refractivity contribution in [2.45, 2.75) is 37.9 Å². The van der Waals surface area contributed by atoms with Crippen LogP contribution in [0.25, 0.3) is 0 Å². The van der Waals surface area contributed by atoms with Gasteiger partial charge in [0.2, 0.25) is 15.9 Å². The lowest BCUT2D eigenvalue weighted by molar-refractivity contribution is -0.119. The molecule has 0 bridgehead atoms. The van der Waals surface area contributed by atoms with Crippen molar-refractivity contribution in [1.82, 2.24) is 0 Å². The van der Waals surface area contributed by atoms with E-state index in [1.54, 1.807) is 35.2 Å². The molecule has 0 radical (unpaired) electrons. The molecule has 150 valence electrons. The number of hydrogen-bond acceptors (Lipinski definition) is 4. The van der Waals surface area contributed by atoms with E-state index >= 15 is 0 Å². The van der Waals surface area contributed by atoms with Crippen LogP contribution >= 0.6 is 0 Å². The fourth-order valence-corrected chi connectivity index (χ4v) is 5.12. The van der Waals surface area contributed by atoms with E-state index in [1.807, 2.05) is 18.2 Å². The minimum absolute atomic E-state index is 0.0585. The van der Waals surface area contributed by atoms with Gasteiger partial charge >= 0.3 is 0 Å². The van der Waals surface area contributed by atoms with Crippen LogP contribution in [0.5, 0.6) is 0 Å². The van der Waals surface area contributed by atoms with E-state index in [9.17, 15) is 13.2 Å². The molecule has 4 rings (SSSR count). The lowest BCUT2D eigenvalue weighted by atomic mass is 9.84. The van der Waals surface area contributed by atoms with Gasteiger partial charge < -0.3 is 4.90 Å². The van der Waals surface area contributed by atoms with Crippen LogP contribution in [0.15, 0.2) is 42.5 Å². The summed E-state index contributed by atoms with van der Waals surface area (Å²) in [7, 11) is -3.67. The van der Waals surface area contributed by atoms with Gasteiger partial charge in [0.05, 0.1) is 28.8 Å². The standard InChI is InChI=1S/C22H23N3O3S/c23-13-16-7-9-18(10-8-16)15-29(27,28)24-20-6-2-5-19-11-12-21(26)25(22(19)20)14-17-3-1-4-17/h2,5-10,17,24H,1,3-4,11-12,14-15H2. The van der Waals surface area contributed by atoms with Crippen molar-refractivity contribution < 1.29 is 13.2 Å². The lowest BCUT2D eigenvalue weighted by Crippen LogP contribution is -2.41. The lowest BCUT2D eigenvalue weighted by Gasteiger charge is -2.36. The molecule has 7 heteroatoms. The number of para-hydroxylation sites is 1. The Hall–Kier alpha value is -2.85. The van der Waals surface area contributed by atoms with Gasteiger partial charge in [-0.15, -0.1) is 0 Å². The predicted molar refractivity (Wildman–Crippen MR) is 112 cm³/mol. The maximum absolute atomic E-state index is 12.8. The molecule has 0 saturated heterocycles. The maximum atomic E-state index is 12.8. The normalized spacial score (nSPS) is 16.7. The second-order valence-corrected chi connectivity index (χ2v) is 9.51. The SMILES string of the molecule is N#Cc1ccc(CS(=O)(=O)Nc2cccc3c2N(CC2CCC2)C(=O)CC3)cc1. The summed E-state index contributed by atoms with van der Waals surface area (Å²) >= 11 is 0. The third kappa shape index (κ3) is 4.28. The number of nitrogens with zero attached hydrogens (tertiary/aromatic N) is 2. The van der Waals surface area contributed by atoms with Crippen molar-refractivity contribution in [3.05, 3.63) is 59.2 Å². The molecule has 6 nitrogen and oxygen atoms in total. The monoisotopic (exact) mass is 409 g/mol. The molecule has 1 aliphatic heterocycles. The number of benzene rings is 2. The fraction of sp³-hybridized carbons (Fsp3) is 0.364. The van der Waals surface area contributed by atoms with Crippen LogP contribution in [0.1, 0.15) is 42.4 Å². The minimum atomic E-state index is -3.67. The zero-order valence-corrected chi connectivity index (χ0v) is 16.9. The van der Waals surface area contributed by atoms with Gasteiger partial charge in [-0.1, -0.05) is 30.7 Å². The predicted octanol–water partition coefficient (Wildman–Crippen LogP) is 3.58. The molecule has 0 spiro atoms. The first-order chi connectivity index (χ1) is 13.9. The number of aryl methyl sites for hydroxylation is 1. The molecule has 1 N–H and O–H groups in total. The van der Waals surface area contributed by atoms with Gasteiger partial charge in [0.15, 0.2) is 0 Å². The zero-order valence-electron chi connectivity index (χ0n) is 16.1. The number of carbonyl (C=O) groups is 1. The van der Waals surface area contributed by atoms with Gasteiger partial charge in [-0.3, -0.25) is 9.52 Å². The Bertz CT molecular complexity index is 1070. The quantitative estimate of drug-likeness (QED) is 0.790. The molecule has 0 unspecified atom stereocenters. The Kier molecular flexibility index (Phi) is 5.29. The minimum Gasteiger partial charge on any atom is -0.310 e. The largest absolute Gasteiger partial charge is 0.310 e. The molecule has 0 atom stereocenters. The fourth-order valence-electron chi connectivity index (χ4n) is 3.92. The molecular weight excluding hydrogens is 386 g/mol. The summed E-state index contributed by atoms with van der Waals surface area (Å²) in [6.45, 7) is 0.653. The Balaban J connectivity index is 1.59. The van der Waals surface area contributed by atoms with Crippen LogP contribution in [0.4, 0.5) is 11.4 Å². The molecule has 1 aliphatic carbocycles. The summed E-state index contributed by atoms with van der Waals surface area (Å²) < 4.78 is 28.3. The number of anilines is 2. The van der Waals surface area contributed by atoms with E-state index in [2.05, 4.69) is 4.72 Å². The second-order valence-electron chi connectivity index (χ2n) is 7.78. The summed E-state index contributed by atoms with van der Waals surface area (Å²) in [5.74, 6) is 0.357. The molecule has 2 aromatic carbocycles. The highest BCUT2D eigenvalue weighted by atomic mass is 32.2. The van der Waals surface area contributed by atoms with Gasteiger partial charge in [-0.05, 0) is 54.5 Å². The summed E-state index contributed by atoms with van der Waals surface area (Å²) in [5.41, 5.74) is 3.26. The van der Waals surface area contributed by atoms with Crippen molar-refractivity contribution >= 4 is 27.3 Å². The number of carbonyl (C=O) groups excluding carboxylic acids is 1. The maximum Gasteiger partial charge on any atom is 0.236 e. The first-order valence-electron chi connectivity index (χ1n) is 9.87. The molecule has 2 aromatic rings. The number of nitriles is 1. The zero-order chi connectivity index (χ0) is 20.4. The number of nitrogens with one attached hydrogen (secondary N) is 1. The average molecular weight is 410 g/mol. The van der Waals surface area contributed by atoms with Crippen molar-refractivity contribution in [2.24, 2.45) is 5.92 Å². The van der Waals surface area contributed by atoms with Crippen LogP contribution in [0, 0.1) is 17.2 Å². The molecule has 1 saturated carbocycles. The molecule has 1 heterocycles. The van der Waals surface area contributed by atoms with Crippen LogP contribution in [-0.4, -0.2) is 20.9 Å². The van der Waals surface area contributed by atoms with E-state index in [0.717, 1.165) is 18.4 Å². The van der Waals surface area contributed by atoms with Crippen molar-refractivity contribution in [2.75, 3.05) is 16.2 Å². The first kappa shape index (κ1) is 19.5. The topological polar surface area (TPSA) is 90.3 Å². The van der Waals surface area contributed by atoms with Crippen LogP contribution in [0.2, 0.25) is 0 Å². The van der Waals surface area contributed by atoms with Crippen LogP contribution in [-0.2, 0) is 27.0 Å². The highest BCUT2D eigenvalue weighted by molar-refractivity contribution is 7.91. The van der Waals surface area contributed by atoms with Gasteiger partial charge in [-0.2, -0.15) is 5.26 Å². The second kappa shape index (κ2) is 7.88. The highest BCUT2D eigenvalue weighted by Gasteiger charge is 2.31. The number of rotatable bonds is 6. The smallest absolute Gasteiger partial charge is 0.236 e. The molecule has 29 heavy (non-hydrogen) atoms.